The number of carbonyl (C=O) groups excluding carboxylic acids is 12. The van der Waals surface area contributed by atoms with E-state index in [1.807, 2.05) is 13.8 Å². The molecule has 3 fully saturated rings. The maximum absolute atomic E-state index is 15.3. The van der Waals surface area contributed by atoms with Crippen molar-refractivity contribution < 1.29 is 67.6 Å². The Morgan fingerprint density at radius 2 is 1.17 bits per heavy atom. The molecule has 90 heavy (non-hydrogen) atoms. The van der Waals surface area contributed by atoms with Crippen molar-refractivity contribution in [1.82, 2.24) is 60.0 Å². The van der Waals surface area contributed by atoms with Crippen LogP contribution >= 0.6 is 11.6 Å². The van der Waals surface area contributed by atoms with Crippen LogP contribution in [0.1, 0.15) is 90.7 Å². The number of likely N-dealkylation sites (N-methyl/N-ethyl adjacent to an activating group) is 7. The van der Waals surface area contributed by atoms with E-state index in [1.165, 1.54) is 75.9 Å². The highest BCUT2D eigenvalue weighted by atomic mass is 35.5. The zero-order valence-electron chi connectivity index (χ0n) is 54.1. The summed E-state index contributed by atoms with van der Waals surface area (Å²) in [4.78, 5) is 184. The molecule has 12 amide bonds. The van der Waals surface area contributed by atoms with Crippen molar-refractivity contribution in [2.45, 2.75) is 147 Å². The van der Waals surface area contributed by atoms with Gasteiger partial charge in [-0.05, 0) is 74.1 Å². The zero-order chi connectivity index (χ0) is 67.0. The second-order valence-electron chi connectivity index (χ2n) is 24.6. The molecule has 26 nitrogen and oxygen atoms in total. The normalized spacial score (nSPS) is 25.2. The summed E-state index contributed by atoms with van der Waals surface area (Å²) < 4.78 is 0. The van der Waals surface area contributed by atoms with Crippen molar-refractivity contribution >= 4 is 89.6 Å². The summed E-state index contributed by atoms with van der Waals surface area (Å²) in [7, 11) is 7.34. The molecule has 5 N–H and O–H groups in total. The molecule has 0 aromatic heterocycles. The second-order valence-corrected chi connectivity index (χ2v) is 25.1. The Labute approximate surface area is 533 Å². The number of hydrogen-bond acceptors (Lipinski definition) is 14. The summed E-state index contributed by atoms with van der Waals surface area (Å²) in [5, 5.41) is 29.0. The summed E-state index contributed by atoms with van der Waals surface area (Å²) in [5.41, 5.74) is 1.20. The lowest BCUT2D eigenvalue weighted by Crippen LogP contribution is -2.60. The number of nitrogens with one attached hydrogen (secondary N) is 3. The summed E-state index contributed by atoms with van der Waals surface area (Å²) in [5.74, 6) is -9.45. The predicted octanol–water partition coefficient (Wildman–Crippen LogP) is -0.135. The molecule has 3 heterocycles. The molecule has 0 unspecified atom stereocenters. The molecule has 3 aliphatic rings. The Kier molecular flexibility index (Phi) is 27.1. The number of nitrogens with zero attached hydrogens (tertiary/aromatic N) is 9. The van der Waals surface area contributed by atoms with Gasteiger partial charge in [0.2, 0.25) is 70.9 Å². The highest BCUT2D eigenvalue weighted by molar-refractivity contribution is 6.42. The lowest BCUT2D eigenvalue weighted by atomic mass is 9.81. The van der Waals surface area contributed by atoms with Crippen LogP contribution in [0, 0.1) is 11.8 Å². The fourth-order valence-corrected chi connectivity index (χ4v) is 11.5. The van der Waals surface area contributed by atoms with Crippen molar-refractivity contribution in [3.8, 4) is 0 Å². The molecule has 0 bridgehead atoms. The van der Waals surface area contributed by atoms with E-state index in [0.717, 1.165) is 24.5 Å². The topological polar surface area (TPSA) is 311 Å². The van der Waals surface area contributed by atoms with Crippen LogP contribution in [0.5, 0.6) is 0 Å². The molecule has 2 aromatic carbocycles. The summed E-state index contributed by atoms with van der Waals surface area (Å²) in [6, 6.07) is 4.59. The smallest absolute Gasteiger partial charge is 0.427 e. The van der Waals surface area contributed by atoms with Gasteiger partial charge in [0.15, 0.2) is 0 Å². The number of amides is 12. The summed E-state index contributed by atoms with van der Waals surface area (Å²) in [6.07, 6.45) is 0.734. The number of likely N-dealkylation sites (tertiary alicyclic amines) is 1. The number of rotatable bonds is 11. The number of hydrogen-bond donors (Lipinski definition) is 5. The Morgan fingerprint density at radius 1 is 0.600 bits per heavy atom. The predicted molar refractivity (Wildman–Crippen MR) is 335 cm³/mol. The highest BCUT2D eigenvalue weighted by Gasteiger charge is 2.45. The van der Waals surface area contributed by atoms with Gasteiger partial charge in [0.1, 0.15) is 48.3 Å². The van der Waals surface area contributed by atoms with Crippen LogP contribution in [0.25, 0.3) is 0 Å². The molecule has 0 aliphatic carbocycles. The van der Waals surface area contributed by atoms with Gasteiger partial charge < -0.3 is 70.1 Å². The van der Waals surface area contributed by atoms with E-state index >= 15 is 9.59 Å². The van der Waals surface area contributed by atoms with E-state index < -0.39 is 165 Å². The van der Waals surface area contributed by atoms with E-state index in [0.29, 0.717) is 54.9 Å². The van der Waals surface area contributed by atoms with Gasteiger partial charge >= 0.3 is 7.12 Å². The SMILES string of the molecule is CC[C@H](C)[C@@H]1NC(=O)[C@H](C)N(C)C(=O)C[C@@H](C(=O)N2CCCC2)NC(=O)[C@H](CC(C)C)N(C)C(=O)[C@@H](Cc2ccccc2)N(C)C(=O)[C@H]2CCCN2C(=O)[C@H](CB(O)O)NC(=O)CN(C)C(=O)[C@H](Cc2ccc(Cl)cc2)N(C)C(=O)CN(C)C(=O)CN(C)C1=O. The van der Waals surface area contributed by atoms with Gasteiger partial charge in [-0.2, -0.15) is 0 Å². The first-order chi connectivity index (χ1) is 42.4. The van der Waals surface area contributed by atoms with E-state index in [4.69, 9.17) is 11.6 Å². The van der Waals surface area contributed by atoms with Crippen molar-refractivity contribution in [2.75, 3.05) is 88.6 Å². The maximum Gasteiger partial charge on any atom is 0.454 e. The minimum Gasteiger partial charge on any atom is -0.427 e. The first-order valence-corrected chi connectivity index (χ1v) is 31.2. The average Bonchev–Trinajstić information content (AvgIpc) is 1.47. The molecule has 494 valence electrons. The monoisotopic (exact) mass is 1270 g/mol. The summed E-state index contributed by atoms with van der Waals surface area (Å²) in [6.45, 7) is 7.49. The third-order valence-corrected chi connectivity index (χ3v) is 17.7. The van der Waals surface area contributed by atoms with Crippen molar-refractivity contribution in [3.63, 3.8) is 0 Å². The van der Waals surface area contributed by atoms with Crippen molar-refractivity contribution in [3.05, 3.63) is 70.7 Å². The molecule has 28 heteroatoms. The average molecular weight is 1280 g/mol. The molecular formula is C62H92BClN12O14. The van der Waals surface area contributed by atoms with Crippen molar-refractivity contribution in [1.29, 1.82) is 0 Å². The van der Waals surface area contributed by atoms with Crippen LogP contribution in [0.2, 0.25) is 11.3 Å². The van der Waals surface area contributed by atoms with Crippen LogP contribution in [0.3, 0.4) is 0 Å². The van der Waals surface area contributed by atoms with E-state index in [2.05, 4.69) is 16.0 Å². The molecule has 3 aliphatic heterocycles. The molecule has 0 saturated carbocycles. The van der Waals surface area contributed by atoms with Crippen LogP contribution in [-0.4, -0.2) is 269 Å². The van der Waals surface area contributed by atoms with Gasteiger partial charge in [0.05, 0.1) is 26.1 Å². The number of halogens is 1. The van der Waals surface area contributed by atoms with Crippen molar-refractivity contribution in [2.24, 2.45) is 11.8 Å². The Morgan fingerprint density at radius 3 is 1.76 bits per heavy atom. The van der Waals surface area contributed by atoms with Crippen LogP contribution in [0.4, 0.5) is 0 Å². The molecular weight excluding hydrogens is 1180 g/mol. The Hall–Kier alpha value is -7.65. The summed E-state index contributed by atoms with van der Waals surface area (Å²) >= 11 is 6.18. The van der Waals surface area contributed by atoms with Gasteiger partial charge in [0.25, 0.3) is 0 Å². The molecule has 5 rings (SSSR count). The number of fused-ring (bicyclic) bond motifs is 1. The minimum atomic E-state index is -2.14. The molecule has 9 atom stereocenters. The molecule has 0 spiro atoms. The van der Waals surface area contributed by atoms with E-state index in [-0.39, 0.29) is 38.1 Å². The maximum atomic E-state index is 15.3. The van der Waals surface area contributed by atoms with Crippen LogP contribution in [-0.2, 0) is 70.4 Å². The second kappa shape index (κ2) is 33.4. The van der Waals surface area contributed by atoms with Gasteiger partial charge in [0, 0.05) is 93.2 Å². The first-order valence-electron chi connectivity index (χ1n) is 30.8. The first kappa shape index (κ1) is 73.1. The zero-order valence-corrected chi connectivity index (χ0v) is 54.8. The van der Waals surface area contributed by atoms with Crippen LogP contribution in [0.15, 0.2) is 54.6 Å². The van der Waals surface area contributed by atoms with Gasteiger partial charge in [-0.1, -0.05) is 88.2 Å². The lowest BCUT2D eigenvalue weighted by Gasteiger charge is -2.38. The number of carbonyl (C=O) groups is 12. The minimum absolute atomic E-state index is 0.00797. The third-order valence-electron chi connectivity index (χ3n) is 17.4. The quantitative estimate of drug-likeness (QED) is 0.183. The fourth-order valence-electron chi connectivity index (χ4n) is 11.3. The standard InChI is InChI=1S/C62H92BClN12O14/c1-13-39(4)54-62(88)70(8)36-52(79)68(6)37-53(80)72(10)48(32-42-23-25-43(64)26-24-42)59(85)69(7)35-50(77)65-45(34-63(89)90)58(84)76-29-19-22-46(76)60(86)74(12)49(31-41-20-15-14-16-21-41)61(87)73(11)47(30-38(2)3)56(82)66-44(57(83)75-27-17-18-28-75)33-51(78)71(9)40(5)55(81)67-54/h14-16,20-21,23-26,38-40,44-49,54,89-90H,13,17-19,22,27-37H2,1-12H3,(H,65,77)(H,66,82)(H,67,81)/t39-,40-,44-,45-,46+,47-,48-,49+,54-/m0/s1. The number of benzene rings is 2. The van der Waals surface area contributed by atoms with Gasteiger partial charge in [-0.25, -0.2) is 0 Å². The molecule has 3 saturated heterocycles. The van der Waals surface area contributed by atoms with Gasteiger partial charge in [-0.15, -0.1) is 0 Å². The van der Waals surface area contributed by atoms with Crippen LogP contribution < -0.4 is 16.0 Å². The fraction of sp³-hybridized carbons (Fsp3) is 0.613. The molecule has 2 aromatic rings. The Balaban J connectivity index is 1.58. The lowest BCUT2D eigenvalue weighted by molar-refractivity contribution is -0.152. The highest BCUT2D eigenvalue weighted by Crippen LogP contribution is 2.26. The van der Waals surface area contributed by atoms with E-state index in [1.54, 1.807) is 68.4 Å². The molecule has 0 radical (unpaired) electrons. The van der Waals surface area contributed by atoms with Gasteiger partial charge in [-0.3, -0.25) is 57.5 Å². The third kappa shape index (κ3) is 19.4. The van der Waals surface area contributed by atoms with E-state index in [9.17, 15) is 58.0 Å². The largest absolute Gasteiger partial charge is 0.454 e. The Bertz CT molecular complexity index is 2900.